The van der Waals surface area contributed by atoms with E-state index in [1.165, 1.54) is 75.2 Å². The average molecular weight is 520 g/mol. The van der Waals surface area contributed by atoms with Crippen molar-refractivity contribution in [1.29, 1.82) is 0 Å². The summed E-state index contributed by atoms with van der Waals surface area (Å²) >= 11 is 1.81. The highest BCUT2D eigenvalue weighted by Crippen LogP contribution is 2.25. The molecular formula is C21H38IN5S. The van der Waals surface area contributed by atoms with E-state index < -0.39 is 0 Å². The fraction of sp³-hybridized carbons (Fsp3) is 0.810. The largest absolute Gasteiger partial charge is 0.356 e. The van der Waals surface area contributed by atoms with Crippen LogP contribution in [-0.4, -0.2) is 55.1 Å². The van der Waals surface area contributed by atoms with Gasteiger partial charge in [0.15, 0.2) is 5.96 Å². The van der Waals surface area contributed by atoms with Crippen LogP contribution in [0, 0.1) is 19.8 Å². The smallest absolute Gasteiger partial charge is 0.191 e. The van der Waals surface area contributed by atoms with Gasteiger partial charge in [-0.05, 0) is 45.4 Å². The summed E-state index contributed by atoms with van der Waals surface area (Å²) in [5.41, 5.74) is 1.17. The molecule has 1 aromatic rings. The predicted octanol–water partition coefficient (Wildman–Crippen LogP) is 4.13. The minimum Gasteiger partial charge on any atom is -0.356 e. The second kappa shape index (κ2) is 12.3. The van der Waals surface area contributed by atoms with E-state index in [-0.39, 0.29) is 24.0 Å². The predicted molar refractivity (Wildman–Crippen MR) is 131 cm³/mol. The van der Waals surface area contributed by atoms with Crippen molar-refractivity contribution in [2.24, 2.45) is 10.9 Å². The number of hydrogen-bond donors (Lipinski definition) is 2. The Balaban J connectivity index is 0.00000280. The maximum absolute atomic E-state index is 4.51. The molecular weight excluding hydrogens is 481 g/mol. The van der Waals surface area contributed by atoms with Crippen molar-refractivity contribution in [1.82, 2.24) is 20.5 Å². The highest BCUT2D eigenvalue weighted by molar-refractivity contribution is 14.0. The Labute approximate surface area is 192 Å². The molecule has 0 atom stereocenters. The number of aliphatic imine (C=N–C) groups is 1. The molecule has 1 saturated heterocycles. The van der Waals surface area contributed by atoms with Gasteiger partial charge in [-0.1, -0.05) is 19.3 Å². The van der Waals surface area contributed by atoms with Crippen LogP contribution in [0.25, 0.3) is 0 Å². The first kappa shape index (κ1) is 23.9. The monoisotopic (exact) mass is 519 g/mol. The van der Waals surface area contributed by atoms with Crippen molar-refractivity contribution < 1.29 is 0 Å². The fourth-order valence-corrected chi connectivity index (χ4v) is 5.42. The Morgan fingerprint density at radius 3 is 2.46 bits per heavy atom. The molecule has 0 amide bonds. The third kappa shape index (κ3) is 7.44. The lowest BCUT2D eigenvalue weighted by Crippen LogP contribution is -2.49. The number of nitrogens with zero attached hydrogens (tertiary/aromatic N) is 3. The van der Waals surface area contributed by atoms with E-state index >= 15 is 0 Å². The van der Waals surface area contributed by atoms with Gasteiger partial charge in [-0.15, -0.1) is 35.3 Å². The Morgan fingerprint density at radius 2 is 1.86 bits per heavy atom. The van der Waals surface area contributed by atoms with Gasteiger partial charge in [0, 0.05) is 50.6 Å². The first-order valence-electron chi connectivity index (χ1n) is 10.8. The quantitative estimate of drug-likeness (QED) is 0.337. The lowest BCUT2D eigenvalue weighted by molar-refractivity contribution is 0.160. The summed E-state index contributed by atoms with van der Waals surface area (Å²) in [5, 5.41) is 8.28. The molecule has 2 N–H and O–H groups in total. The standard InChI is InChI=1S/C21H37N5S.HI/c1-16-20(27-17(2)24-16)9-12-23-21(22-3)25-19-10-13-26(14-11-19)15-18-7-5-4-6-8-18;/h18-19H,4-15H2,1-3H3,(H2,22,23,25);1H. The van der Waals surface area contributed by atoms with Crippen LogP contribution in [0.4, 0.5) is 0 Å². The van der Waals surface area contributed by atoms with E-state index in [2.05, 4.69) is 39.4 Å². The summed E-state index contributed by atoms with van der Waals surface area (Å²) < 4.78 is 0. The molecule has 0 aromatic carbocycles. The third-order valence-corrected chi connectivity index (χ3v) is 7.17. The Kier molecular flexibility index (Phi) is 10.5. The molecule has 160 valence electrons. The zero-order chi connectivity index (χ0) is 19.1. The van der Waals surface area contributed by atoms with E-state index in [0.717, 1.165) is 29.9 Å². The topological polar surface area (TPSA) is 52.6 Å². The van der Waals surface area contributed by atoms with Crippen LogP contribution in [-0.2, 0) is 6.42 Å². The van der Waals surface area contributed by atoms with Crippen LogP contribution in [0.3, 0.4) is 0 Å². The van der Waals surface area contributed by atoms with Gasteiger partial charge >= 0.3 is 0 Å². The normalized spacial score (nSPS) is 20.0. The molecule has 1 saturated carbocycles. The van der Waals surface area contributed by atoms with Crippen molar-refractivity contribution in [3.8, 4) is 0 Å². The van der Waals surface area contributed by atoms with Crippen LogP contribution in [0.15, 0.2) is 4.99 Å². The number of halogens is 1. The van der Waals surface area contributed by atoms with Gasteiger partial charge in [0.05, 0.1) is 10.7 Å². The number of likely N-dealkylation sites (tertiary alicyclic amines) is 1. The molecule has 0 bridgehead atoms. The second-order valence-corrected chi connectivity index (χ2v) is 9.50. The molecule has 7 heteroatoms. The summed E-state index contributed by atoms with van der Waals surface area (Å²) in [6.45, 7) is 8.87. The zero-order valence-corrected chi connectivity index (χ0v) is 20.9. The lowest BCUT2D eigenvalue weighted by Gasteiger charge is -2.36. The van der Waals surface area contributed by atoms with E-state index in [4.69, 9.17) is 0 Å². The highest BCUT2D eigenvalue weighted by Gasteiger charge is 2.23. The first-order chi connectivity index (χ1) is 13.1. The number of guanidine groups is 1. The average Bonchev–Trinajstić information content (AvgIpc) is 3.00. The van der Waals surface area contributed by atoms with Crippen LogP contribution in [0.1, 0.15) is 60.5 Å². The fourth-order valence-electron chi connectivity index (χ4n) is 4.48. The number of aryl methyl sites for hydroxylation is 2. The molecule has 1 aliphatic carbocycles. The minimum atomic E-state index is 0. The summed E-state index contributed by atoms with van der Waals surface area (Å²) in [5.74, 6) is 1.90. The van der Waals surface area contributed by atoms with Crippen LogP contribution in [0.5, 0.6) is 0 Å². The first-order valence-corrected chi connectivity index (χ1v) is 11.6. The molecule has 5 nitrogen and oxygen atoms in total. The number of hydrogen-bond acceptors (Lipinski definition) is 4. The van der Waals surface area contributed by atoms with E-state index in [0.29, 0.717) is 6.04 Å². The van der Waals surface area contributed by atoms with Crippen molar-refractivity contribution in [2.45, 2.75) is 71.3 Å². The van der Waals surface area contributed by atoms with Gasteiger partial charge in [-0.2, -0.15) is 0 Å². The van der Waals surface area contributed by atoms with Crippen LogP contribution < -0.4 is 10.6 Å². The molecule has 1 aliphatic heterocycles. The van der Waals surface area contributed by atoms with Gasteiger partial charge in [0.1, 0.15) is 0 Å². The van der Waals surface area contributed by atoms with Gasteiger partial charge in [-0.3, -0.25) is 4.99 Å². The molecule has 2 aliphatic rings. The number of nitrogens with one attached hydrogen (secondary N) is 2. The number of piperidine rings is 1. The summed E-state index contributed by atoms with van der Waals surface area (Å²) in [6.07, 6.45) is 10.7. The van der Waals surface area contributed by atoms with Gasteiger partial charge < -0.3 is 15.5 Å². The molecule has 1 aromatic heterocycles. The van der Waals surface area contributed by atoms with Crippen molar-refractivity contribution >= 4 is 41.3 Å². The lowest BCUT2D eigenvalue weighted by atomic mass is 9.88. The van der Waals surface area contributed by atoms with Gasteiger partial charge in [-0.25, -0.2) is 4.98 Å². The number of thiazole rings is 1. The Bertz CT molecular complexity index is 604. The third-order valence-electron chi connectivity index (χ3n) is 6.04. The van der Waals surface area contributed by atoms with Crippen molar-refractivity contribution in [3.63, 3.8) is 0 Å². The maximum atomic E-state index is 4.51. The zero-order valence-electron chi connectivity index (χ0n) is 17.8. The summed E-state index contributed by atoms with van der Waals surface area (Å²) in [7, 11) is 1.87. The molecule has 3 rings (SSSR count). The molecule has 0 unspecified atom stereocenters. The van der Waals surface area contributed by atoms with Crippen molar-refractivity contribution in [3.05, 3.63) is 15.6 Å². The molecule has 2 fully saturated rings. The van der Waals surface area contributed by atoms with E-state index in [1.54, 1.807) is 11.3 Å². The SMILES string of the molecule is CN=C(NCCc1sc(C)nc1C)NC1CCN(CC2CCCCC2)CC1.I. The van der Waals surface area contributed by atoms with Crippen LogP contribution in [0.2, 0.25) is 0 Å². The maximum Gasteiger partial charge on any atom is 0.191 e. The van der Waals surface area contributed by atoms with Gasteiger partial charge in [0.25, 0.3) is 0 Å². The molecule has 2 heterocycles. The molecule has 0 spiro atoms. The number of rotatable bonds is 6. The minimum absolute atomic E-state index is 0. The van der Waals surface area contributed by atoms with Gasteiger partial charge in [0.2, 0.25) is 0 Å². The number of aromatic nitrogens is 1. The summed E-state index contributed by atoms with van der Waals surface area (Å²) in [4.78, 5) is 13.0. The molecule has 28 heavy (non-hydrogen) atoms. The molecule has 0 radical (unpaired) electrons. The van der Waals surface area contributed by atoms with E-state index in [1.807, 2.05) is 7.05 Å². The second-order valence-electron chi connectivity index (χ2n) is 8.21. The van der Waals surface area contributed by atoms with E-state index in [9.17, 15) is 0 Å². The highest BCUT2D eigenvalue weighted by atomic mass is 127. The summed E-state index contributed by atoms with van der Waals surface area (Å²) in [6, 6.07) is 0.547. The van der Waals surface area contributed by atoms with Crippen LogP contribution >= 0.6 is 35.3 Å². The Hall–Kier alpha value is -0.410. The van der Waals surface area contributed by atoms with Crippen molar-refractivity contribution in [2.75, 3.05) is 33.2 Å². The Morgan fingerprint density at radius 1 is 1.14 bits per heavy atom.